The normalized spacial score (nSPS) is 24.8. The second-order valence-electron chi connectivity index (χ2n) is 5.25. The van der Waals surface area contributed by atoms with Crippen molar-refractivity contribution in [1.29, 1.82) is 0 Å². The number of likely N-dealkylation sites (N-methyl/N-ethyl adjacent to an activating group) is 1. The van der Waals surface area contributed by atoms with Gasteiger partial charge in [-0.15, -0.1) is 0 Å². The molecule has 0 aromatic carbocycles. The van der Waals surface area contributed by atoms with Gasteiger partial charge in [0.25, 0.3) is 0 Å². The summed E-state index contributed by atoms with van der Waals surface area (Å²) in [5.74, 6) is 0. The second kappa shape index (κ2) is 6.61. The Morgan fingerprint density at radius 2 is 1.56 bits per heavy atom. The van der Waals surface area contributed by atoms with Crippen molar-refractivity contribution in [3.63, 3.8) is 0 Å². The minimum atomic E-state index is 0.781. The highest BCUT2D eigenvalue weighted by molar-refractivity contribution is 4.92. The van der Waals surface area contributed by atoms with Crippen LogP contribution in [-0.4, -0.2) is 49.6 Å². The van der Waals surface area contributed by atoms with E-state index in [0.717, 1.165) is 5.41 Å². The van der Waals surface area contributed by atoms with Gasteiger partial charge in [-0.1, -0.05) is 27.2 Å². The molecule has 1 heterocycles. The van der Waals surface area contributed by atoms with Crippen LogP contribution < -0.4 is 0 Å². The molecule has 0 N–H and O–H groups in total. The lowest BCUT2D eigenvalue weighted by molar-refractivity contribution is 0.144. The van der Waals surface area contributed by atoms with Crippen LogP contribution >= 0.6 is 0 Å². The summed E-state index contributed by atoms with van der Waals surface area (Å²) in [6, 6.07) is 0. The summed E-state index contributed by atoms with van der Waals surface area (Å²) < 4.78 is 0. The molecule has 1 saturated carbocycles. The van der Waals surface area contributed by atoms with E-state index in [9.17, 15) is 0 Å². The van der Waals surface area contributed by atoms with Gasteiger partial charge in [-0.05, 0) is 38.3 Å². The van der Waals surface area contributed by atoms with E-state index in [1.807, 2.05) is 13.8 Å². The molecule has 2 aliphatic rings. The van der Waals surface area contributed by atoms with Crippen molar-refractivity contribution >= 4 is 0 Å². The van der Waals surface area contributed by atoms with Crippen molar-refractivity contribution < 1.29 is 0 Å². The summed E-state index contributed by atoms with van der Waals surface area (Å²) in [4.78, 5) is 5.08. The smallest absolute Gasteiger partial charge is 0.0110 e. The Morgan fingerprint density at radius 1 is 1.00 bits per heavy atom. The van der Waals surface area contributed by atoms with Crippen LogP contribution in [0.4, 0.5) is 0 Å². The quantitative estimate of drug-likeness (QED) is 0.727. The van der Waals surface area contributed by atoms with Crippen LogP contribution in [0.5, 0.6) is 0 Å². The molecule has 0 spiro atoms. The first-order valence-electron chi connectivity index (χ1n) is 7.15. The number of hydrogen-bond donors (Lipinski definition) is 0. The zero-order chi connectivity index (χ0) is 12.0. The van der Waals surface area contributed by atoms with E-state index in [1.165, 1.54) is 58.4 Å². The SMILES string of the molecule is CC.CCC1(CCN2CCN(C)CC2)CC1. The minimum Gasteiger partial charge on any atom is -0.304 e. The topological polar surface area (TPSA) is 6.48 Å². The fourth-order valence-corrected chi connectivity index (χ4v) is 2.42. The molecule has 0 unspecified atom stereocenters. The van der Waals surface area contributed by atoms with Gasteiger partial charge in [0.1, 0.15) is 0 Å². The van der Waals surface area contributed by atoms with Crippen LogP contribution in [0.15, 0.2) is 0 Å². The van der Waals surface area contributed by atoms with E-state index >= 15 is 0 Å². The molecule has 0 radical (unpaired) electrons. The zero-order valence-electron chi connectivity index (χ0n) is 11.8. The lowest BCUT2D eigenvalue weighted by atomic mass is 9.99. The van der Waals surface area contributed by atoms with Gasteiger partial charge in [0.05, 0.1) is 0 Å². The Balaban J connectivity index is 0.000000606. The van der Waals surface area contributed by atoms with Gasteiger partial charge in [-0.25, -0.2) is 0 Å². The fourth-order valence-electron chi connectivity index (χ4n) is 2.42. The van der Waals surface area contributed by atoms with E-state index in [2.05, 4.69) is 23.8 Å². The first kappa shape index (κ1) is 14.0. The van der Waals surface area contributed by atoms with Gasteiger partial charge in [0, 0.05) is 26.2 Å². The summed E-state index contributed by atoms with van der Waals surface area (Å²) in [7, 11) is 2.23. The van der Waals surface area contributed by atoms with Crippen LogP contribution in [0.1, 0.15) is 46.5 Å². The fraction of sp³-hybridized carbons (Fsp3) is 1.00. The first-order valence-corrected chi connectivity index (χ1v) is 7.15. The van der Waals surface area contributed by atoms with Crippen LogP contribution in [0.25, 0.3) is 0 Å². The summed E-state index contributed by atoms with van der Waals surface area (Å²) in [5.41, 5.74) is 0.781. The maximum absolute atomic E-state index is 2.65. The van der Waals surface area contributed by atoms with Gasteiger partial charge in [0.2, 0.25) is 0 Å². The molecule has 0 atom stereocenters. The van der Waals surface area contributed by atoms with Gasteiger partial charge < -0.3 is 9.80 Å². The Bertz CT molecular complexity index is 179. The number of piperazine rings is 1. The Hall–Kier alpha value is -0.0800. The Kier molecular flexibility index (Phi) is 5.77. The molecular weight excluding hydrogens is 196 g/mol. The molecule has 0 aromatic rings. The average molecular weight is 226 g/mol. The summed E-state index contributed by atoms with van der Waals surface area (Å²) in [6.45, 7) is 12.8. The minimum absolute atomic E-state index is 0.781. The van der Waals surface area contributed by atoms with Crippen LogP contribution in [0.2, 0.25) is 0 Å². The maximum atomic E-state index is 2.65. The summed E-state index contributed by atoms with van der Waals surface area (Å²) >= 11 is 0. The van der Waals surface area contributed by atoms with Crippen LogP contribution in [0.3, 0.4) is 0 Å². The molecule has 2 nitrogen and oxygen atoms in total. The van der Waals surface area contributed by atoms with Crippen molar-refractivity contribution in [1.82, 2.24) is 9.80 Å². The highest BCUT2D eigenvalue weighted by Crippen LogP contribution is 2.51. The highest BCUT2D eigenvalue weighted by Gasteiger charge is 2.40. The molecule has 0 amide bonds. The largest absolute Gasteiger partial charge is 0.304 e. The van der Waals surface area contributed by atoms with Gasteiger partial charge >= 0.3 is 0 Å². The maximum Gasteiger partial charge on any atom is 0.0110 e. The molecule has 2 heteroatoms. The third-order valence-electron chi connectivity index (χ3n) is 4.26. The van der Waals surface area contributed by atoms with E-state index < -0.39 is 0 Å². The van der Waals surface area contributed by atoms with Gasteiger partial charge in [0.15, 0.2) is 0 Å². The number of nitrogens with zero attached hydrogens (tertiary/aromatic N) is 2. The monoisotopic (exact) mass is 226 g/mol. The first-order chi connectivity index (χ1) is 7.74. The number of hydrogen-bond acceptors (Lipinski definition) is 2. The van der Waals surface area contributed by atoms with E-state index in [1.54, 1.807) is 0 Å². The van der Waals surface area contributed by atoms with E-state index in [4.69, 9.17) is 0 Å². The summed E-state index contributed by atoms with van der Waals surface area (Å²) in [5, 5.41) is 0. The predicted molar refractivity (Wildman–Crippen MR) is 71.9 cm³/mol. The molecule has 1 saturated heterocycles. The molecule has 96 valence electrons. The van der Waals surface area contributed by atoms with Crippen LogP contribution in [-0.2, 0) is 0 Å². The van der Waals surface area contributed by atoms with Crippen LogP contribution in [0, 0.1) is 5.41 Å². The summed E-state index contributed by atoms with van der Waals surface area (Å²) in [6.07, 6.45) is 5.85. The van der Waals surface area contributed by atoms with Crippen molar-refractivity contribution in [3.8, 4) is 0 Å². The molecular formula is C14H30N2. The lowest BCUT2D eigenvalue weighted by Gasteiger charge is -2.33. The average Bonchev–Trinajstić information content (AvgIpc) is 3.12. The molecule has 2 fully saturated rings. The highest BCUT2D eigenvalue weighted by atomic mass is 15.2. The lowest BCUT2D eigenvalue weighted by Crippen LogP contribution is -2.45. The van der Waals surface area contributed by atoms with Crippen molar-refractivity contribution in [3.05, 3.63) is 0 Å². The molecule has 0 aromatic heterocycles. The number of rotatable bonds is 4. The van der Waals surface area contributed by atoms with Crippen molar-refractivity contribution in [2.45, 2.75) is 46.5 Å². The predicted octanol–water partition coefficient (Wildman–Crippen LogP) is 2.84. The van der Waals surface area contributed by atoms with E-state index in [-0.39, 0.29) is 0 Å². The second-order valence-corrected chi connectivity index (χ2v) is 5.25. The Morgan fingerprint density at radius 3 is 2.00 bits per heavy atom. The van der Waals surface area contributed by atoms with Gasteiger partial charge in [-0.3, -0.25) is 0 Å². The Labute approximate surface area is 102 Å². The van der Waals surface area contributed by atoms with Crippen molar-refractivity contribution in [2.24, 2.45) is 5.41 Å². The molecule has 0 bridgehead atoms. The standard InChI is InChI=1S/C12H24N2.C2H6/c1-3-12(4-5-12)6-7-14-10-8-13(2)9-11-14;1-2/h3-11H2,1-2H3;1-2H3. The van der Waals surface area contributed by atoms with E-state index in [0.29, 0.717) is 0 Å². The van der Waals surface area contributed by atoms with Crippen molar-refractivity contribution in [2.75, 3.05) is 39.8 Å². The van der Waals surface area contributed by atoms with Gasteiger partial charge in [-0.2, -0.15) is 0 Å². The zero-order valence-corrected chi connectivity index (χ0v) is 11.8. The molecule has 1 aliphatic carbocycles. The molecule has 16 heavy (non-hydrogen) atoms. The third kappa shape index (κ3) is 4.06. The molecule has 2 rings (SSSR count). The third-order valence-corrected chi connectivity index (χ3v) is 4.26. The molecule has 1 aliphatic heterocycles.